The lowest BCUT2D eigenvalue weighted by Gasteiger charge is -2.25. The fourth-order valence-electron chi connectivity index (χ4n) is 9.18. The lowest BCUT2D eigenvalue weighted by molar-refractivity contribution is -0.122. The summed E-state index contributed by atoms with van der Waals surface area (Å²) >= 11 is 14.3. The third kappa shape index (κ3) is 7.21. The Morgan fingerprint density at radius 3 is 2.57 bits per heavy atom. The summed E-state index contributed by atoms with van der Waals surface area (Å²) in [6, 6.07) is 19.5. The zero-order valence-electron chi connectivity index (χ0n) is 33.3. The first-order chi connectivity index (χ1) is 29.4. The van der Waals surface area contributed by atoms with E-state index in [1.165, 1.54) is 0 Å². The number of nitriles is 1. The standard InChI is InChI=1S/C45H42Cl2N8O5S/c1-45(13-14-45)61(58,59)53-43(57)27-11-17-55(23-27)37-9-8-29-33(37)19-36-41(34(29)20-48)60-44(52-36)32-6-2-4-30(38(32)46)31-5-3-7-35(39(31)47)51-42-40-26(10-15-49-42)18-25(21-50-40)22-54-16-12-28(56)24-54/h2-7,10,15,18-19,21,27-28,37,56H,8-9,11-14,16-17,22-24H2,1H3,(H,49,51)(H,53,57)/t27-,28-,37-/m1/s1. The number of aliphatic hydroxyl groups excluding tert-OH is 1. The molecule has 1 amide bonds. The van der Waals surface area contributed by atoms with E-state index >= 15 is 0 Å². The molecule has 3 aromatic heterocycles. The van der Waals surface area contributed by atoms with Crippen LogP contribution in [0.3, 0.4) is 0 Å². The van der Waals surface area contributed by atoms with Crippen LogP contribution in [0.2, 0.25) is 10.0 Å². The molecular formula is C45H42Cl2N8O5S. The molecule has 0 spiro atoms. The van der Waals surface area contributed by atoms with Crippen molar-refractivity contribution in [1.82, 2.24) is 29.5 Å². The predicted octanol–water partition coefficient (Wildman–Crippen LogP) is 7.90. The van der Waals surface area contributed by atoms with Gasteiger partial charge in [-0.15, -0.1) is 0 Å². The van der Waals surface area contributed by atoms with Gasteiger partial charge in [0.2, 0.25) is 21.8 Å². The van der Waals surface area contributed by atoms with Gasteiger partial charge in [-0.3, -0.25) is 24.3 Å². The molecule has 10 rings (SSSR count). The van der Waals surface area contributed by atoms with Crippen molar-refractivity contribution in [3.05, 3.63) is 99.3 Å². The maximum atomic E-state index is 13.1. The second-order valence-electron chi connectivity index (χ2n) is 17.0. The van der Waals surface area contributed by atoms with Gasteiger partial charge in [-0.05, 0) is 99.0 Å². The molecule has 2 aliphatic heterocycles. The van der Waals surface area contributed by atoms with Gasteiger partial charge < -0.3 is 14.8 Å². The highest BCUT2D eigenvalue weighted by Gasteiger charge is 2.51. The fourth-order valence-corrected chi connectivity index (χ4v) is 11.1. The first kappa shape index (κ1) is 40.0. The van der Waals surface area contributed by atoms with E-state index in [2.05, 4.69) is 37.0 Å². The van der Waals surface area contributed by atoms with Crippen molar-refractivity contribution in [3.8, 4) is 28.7 Å². The highest BCUT2D eigenvalue weighted by Crippen LogP contribution is 2.46. The van der Waals surface area contributed by atoms with Crippen molar-refractivity contribution in [2.24, 2.45) is 5.92 Å². The molecule has 0 radical (unpaired) electrons. The number of oxazole rings is 1. The third-order valence-corrected chi connectivity index (χ3v) is 15.9. The number of amides is 1. The first-order valence-electron chi connectivity index (χ1n) is 20.6. The van der Waals surface area contributed by atoms with Crippen molar-refractivity contribution in [3.63, 3.8) is 0 Å². The van der Waals surface area contributed by atoms with Crippen LogP contribution in [-0.4, -0.2) is 81.2 Å². The van der Waals surface area contributed by atoms with Gasteiger partial charge in [0.05, 0.1) is 38.1 Å². The Balaban J connectivity index is 0.904. The topological polar surface area (TPSA) is 178 Å². The van der Waals surface area contributed by atoms with Crippen LogP contribution in [-0.2, 0) is 27.8 Å². The molecule has 312 valence electrons. The summed E-state index contributed by atoms with van der Waals surface area (Å²) in [5.41, 5.74) is 7.45. The van der Waals surface area contributed by atoms with Gasteiger partial charge in [0.1, 0.15) is 22.7 Å². The van der Waals surface area contributed by atoms with Crippen LogP contribution in [0.15, 0.2) is 71.4 Å². The predicted molar refractivity (Wildman–Crippen MR) is 234 cm³/mol. The second kappa shape index (κ2) is 15.3. The number of aliphatic hydroxyl groups is 1. The minimum Gasteiger partial charge on any atom is -0.435 e. The number of fused-ring (bicyclic) bond motifs is 3. The van der Waals surface area contributed by atoms with E-state index in [-0.39, 0.29) is 18.0 Å². The molecule has 3 fully saturated rings. The zero-order valence-corrected chi connectivity index (χ0v) is 35.6. The lowest BCUT2D eigenvalue weighted by Crippen LogP contribution is -2.42. The third-order valence-electron chi connectivity index (χ3n) is 12.9. The quantitative estimate of drug-likeness (QED) is 0.121. The number of benzene rings is 3. The number of β-amino-alcohol motifs (C(OH)–C–C–N with tert-alkyl or cyclic N) is 1. The largest absolute Gasteiger partial charge is 0.435 e. The second-order valence-corrected chi connectivity index (χ2v) is 19.9. The van der Waals surface area contributed by atoms with Gasteiger partial charge in [-0.1, -0.05) is 47.5 Å². The molecule has 13 nitrogen and oxygen atoms in total. The molecule has 2 saturated heterocycles. The number of hydrogen-bond donors (Lipinski definition) is 3. The maximum Gasteiger partial charge on any atom is 0.240 e. The number of nitrogens with zero attached hydrogens (tertiary/aromatic N) is 6. The van der Waals surface area contributed by atoms with Crippen molar-refractivity contribution in [2.45, 2.75) is 68.9 Å². The summed E-state index contributed by atoms with van der Waals surface area (Å²) in [6.45, 7) is 4.95. The van der Waals surface area contributed by atoms with Gasteiger partial charge in [-0.2, -0.15) is 5.26 Å². The van der Waals surface area contributed by atoms with Gasteiger partial charge in [0.15, 0.2) is 11.4 Å². The van der Waals surface area contributed by atoms with E-state index in [1.807, 2.05) is 54.7 Å². The van der Waals surface area contributed by atoms with Gasteiger partial charge in [0, 0.05) is 61.1 Å². The number of carbonyl (C=O) groups excluding carboxylic acids is 1. The molecule has 3 aromatic carbocycles. The summed E-state index contributed by atoms with van der Waals surface area (Å²) in [6.07, 6.45) is 7.15. The van der Waals surface area contributed by atoms with Crippen LogP contribution in [0.5, 0.6) is 0 Å². The van der Waals surface area contributed by atoms with Crippen LogP contribution < -0.4 is 10.0 Å². The highest BCUT2D eigenvalue weighted by molar-refractivity contribution is 7.91. The molecular weight excluding hydrogens is 836 g/mol. The van der Waals surface area contributed by atoms with Crippen molar-refractivity contribution >= 4 is 72.6 Å². The Labute approximate surface area is 362 Å². The number of halogens is 2. The zero-order chi connectivity index (χ0) is 42.2. The number of nitrogens with one attached hydrogen (secondary N) is 2. The summed E-state index contributed by atoms with van der Waals surface area (Å²) in [5.74, 6) is -0.0758. The Kier molecular flexibility index (Phi) is 10.0. The molecule has 61 heavy (non-hydrogen) atoms. The van der Waals surface area contributed by atoms with Crippen LogP contribution in [0.25, 0.3) is 44.6 Å². The van der Waals surface area contributed by atoms with Crippen molar-refractivity contribution in [2.75, 3.05) is 31.5 Å². The van der Waals surface area contributed by atoms with E-state index in [0.717, 1.165) is 41.5 Å². The van der Waals surface area contributed by atoms with Crippen LogP contribution >= 0.6 is 23.2 Å². The fraction of sp³-hybridized carbons (Fsp3) is 0.356. The van der Waals surface area contributed by atoms with Crippen LogP contribution in [0.4, 0.5) is 11.5 Å². The van der Waals surface area contributed by atoms with Gasteiger partial charge in [-0.25, -0.2) is 18.4 Å². The molecule has 5 heterocycles. The van der Waals surface area contributed by atoms with Crippen LogP contribution in [0.1, 0.15) is 67.3 Å². The minimum absolute atomic E-state index is 0.0510. The van der Waals surface area contributed by atoms with E-state index in [0.29, 0.717) is 112 Å². The molecule has 2 aliphatic carbocycles. The Hall–Kier alpha value is -5.14. The average Bonchev–Trinajstić information content (AvgIpc) is 3.70. The van der Waals surface area contributed by atoms with E-state index in [9.17, 15) is 23.6 Å². The Morgan fingerprint density at radius 2 is 1.80 bits per heavy atom. The molecule has 6 aromatic rings. The summed E-state index contributed by atoms with van der Waals surface area (Å²) in [4.78, 5) is 31.8. The smallest absolute Gasteiger partial charge is 0.240 e. The number of rotatable bonds is 10. The SMILES string of the molecule is CC1(S(=O)(=O)NC(=O)[C@@H]2CCN([C@@H]3CCc4c3cc3nc(-c5cccc(-c6cccc(Nc7nccc8cc(CN9CC[C@@H](O)C9)cnc78)c6Cl)c5Cl)oc3c4C#N)C2)CC1. The number of hydrogen-bond acceptors (Lipinski definition) is 12. The number of sulfonamides is 1. The molecule has 16 heteroatoms. The average molecular weight is 878 g/mol. The summed E-state index contributed by atoms with van der Waals surface area (Å²) < 4.78 is 33.4. The number of carbonyl (C=O) groups is 1. The molecule has 4 aliphatic rings. The summed E-state index contributed by atoms with van der Waals surface area (Å²) in [5, 5.41) is 25.5. The maximum absolute atomic E-state index is 13.1. The molecule has 0 unspecified atom stereocenters. The summed E-state index contributed by atoms with van der Waals surface area (Å²) in [7, 11) is -3.71. The monoisotopic (exact) mass is 876 g/mol. The van der Waals surface area contributed by atoms with Gasteiger partial charge >= 0.3 is 0 Å². The lowest BCUT2D eigenvalue weighted by atomic mass is 10.0. The van der Waals surface area contributed by atoms with Gasteiger partial charge in [0.25, 0.3) is 0 Å². The number of likely N-dealkylation sites (tertiary alicyclic amines) is 2. The molecule has 3 atom stereocenters. The molecule has 1 saturated carbocycles. The Morgan fingerprint density at radius 1 is 1.02 bits per heavy atom. The minimum atomic E-state index is -3.71. The normalized spacial score (nSPS) is 21.2. The van der Waals surface area contributed by atoms with E-state index in [1.54, 1.807) is 13.1 Å². The number of anilines is 2. The highest BCUT2D eigenvalue weighted by atomic mass is 35.5. The van der Waals surface area contributed by atoms with Crippen molar-refractivity contribution < 1.29 is 22.7 Å². The number of aromatic nitrogens is 3. The van der Waals surface area contributed by atoms with E-state index < -0.39 is 26.6 Å². The first-order valence-corrected chi connectivity index (χ1v) is 22.8. The number of pyridine rings is 2. The van der Waals surface area contributed by atoms with Crippen LogP contribution in [0, 0.1) is 17.2 Å². The molecule has 3 N–H and O–H groups in total. The van der Waals surface area contributed by atoms with Crippen molar-refractivity contribution in [1.29, 1.82) is 5.26 Å². The molecule has 0 bridgehead atoms. The Bertz CT molecular complexity index is 2930. The van der Waals surface area contributed by atoms with E-state index in [4.69, 9.17) is 37.6 Å².